The van der Waals surface area contributed by atoms with E-state index in [-0.39, 0.29) is 0 Å². The molecule has 94 valence electrons. The van der Waals surface area contributed by atoms with E-state index in [1.54, 1.807) is 6.20 Å². The molecule has 5 heteroatoms. The third-order valence-electron chi connectivity index (χ3n) is 3.12. The van der Waals surface area contributed by atoms with Crippen LogP contribution in [0.25, 0.3) is 0 Å². The van der Waals surface area contributed by atoms with Gasteiger partial charge < -0.3 is 10.1 Å². The Balaban J connectivity index is 1.77. The summed E-state index contributed by atoms with van der Waals surface area (Å²) in [7, 11) is 0. The van der Waals surface area contributed by atoms with Crippen molar-refractivity contribution in [3.05, 3.63) is 46.2 Å². The Kier molecular flexibility index (Phi) is 3.34. The van der Waals surface area contributed by atoms with Crippen molar-refractivity contribution < 1.29 is 4.74 Å². The standard InChI is InChI=1S/C13H14BrN3O/c14-11-3-1-2-10-12(5-7-18-13(10)11)15-8-9-4-6-16-17-9/h1-4,6,12,15H,5,7-8H2,(H,16,17). The summed E-state index contributed by atoms with van der Waals surface area (Å²) >= 11 is 3.53. The van der Waals surface area contributed by atoms with Crippen molar-refractivity contribution in [2.75, 3.05) is 6.61 Å². The molecule has 1 unspecified atom stereocenters. The molecular weight excluding hydrogens is 294 g/mol. The Morgan fingerprint density at radius 1 is 1.44 bits per heavy atom. The maximum Gasteiger partial charge on any atom is 0.138 e. The van der Waals surface area contributed by atoms with Crippen molar-refractivity contribution in [1.29, 1.82) is 0 Å². The zero-order chi connectivity index (χ0) is 12.4. The number of hydrogen-bond acceptors (Lipinski definition) is 3. The molecule has 3 rings (SSSR count). The quantitative estimate of drug-likeness (QED) is 0.917. The van der Waals surface area contributed by atoms with Crippen LogP contribution >= 0.6 is 15.9 Å². The molecule has 0 saturated heterocycles. The van der Waals surface area contributed by atoms with Crippen molar-refractivity contribution in [2.45, 2.75) is 19.0 Å². The van der Waals surface area contributed by atoms with Gasteiger partial charge in [-0.15, -0.1) is 0 Å². The Hall–Kier alpha value is -1.33. The molecule has 1 aliphatic rings. The fourth-order valence-electron chi connectivity index (χ4n) is 2.21. The van der Waals surface area contributed by atoms with E-state index in [0.29, 0.717) is 6.04 Å². The zero-order valence-electron chi connectivity index (χ0n) is 9.82. The maximum atomic E-state index is 5.71. The lowest BCUT2D eigenvalue weighted by Crippen LogP contribution is -2.27. The van der Waals surface area contributed by atoms with Crippen LogP contribution in [0.4, 0.5) is 0 Å². The first-order chi connectivity index (χ1) is 8.84. The molecule has 0 amide bonds. The molecule has 0 saturated carbocycles. The number of hydrogen-bond donors (Lipinski definition) is 2. The predicted molar refractivity (Wildman–Crippen MR) is 72.4 cm³/mol. The number of halogens is 1. The van der Waals surface area contributed by atoms with Gasteiger partial charge >= 0.3 is 0 Å². The number of H-pyrrole nitrogens is 1. The second-order valence-electron chi connectivity index (χ2n) is 4.31. The third kappa shape index (κ3) is 2.28. The molecule has 1 aliphatic heterocycles. The third-order valence-corrected chi connectivity index (χ3v) is 3.75. The molecule has 2 aromatic rings. The van der Waals surface area contributed by atoms with Gasteiger partial charge in [-0.1, -0.05) is 12.1 Å². The number of para-hydroxylation sites is 1. The highest BCUT2D eigenvalue weighted by Gasteiger charge is 2.22. The normalized spacial score (nSPS) is 18.2. The van der Waals surface area contributed by atoms with Crippen LogP contribution in [0.2, 0.25) is 0 Å². The number of nitrogens with one attached hydrogen (secondary N) is 2. The van der Waals surface area contributed by atoms with Crippen LogP contribution in [0.1, 0.15) is 23.7 Å². The van der Waals surface area contributed by atoms with E-state index < -0.39 is 0 Å². The highest BCUT2D eigenvalue weighted by atomic mass is 79.9. The van der Waals surface area contributed by atoms with Crippen LogP contribution in [0, 0.1) is 0 Å². The van der Waals surface area contributed by atoms with Crippen molar-refractivity contribution in [3.63, 3.8) is 0 Å². The number of ether oxygens (including phenoxy) is 1. The second kappa shape index (κ2) is 5.12. The van der Waals surface area contributed by atoms with Crippen molar-refractivity contribution in [2.24, 2.45) is 0 Å². The Labute approximate surface area is 114 Å². The van der Waals surface area contributed by atoms with Gasteiger partial charge in [0.15, 0.2) is 0 Å². The summed E-state index contributed by atoms with van der Waals surface area (Å²) in [5.41, 5.74) is 2.31. The van der Waals surface area contributed by atoms with Crippen molar-refractivity contribution in [3.8, 4) is 5.75 Å². The van der Waals surface area contributed by atoms with Crippen LogP contribution in [-0.2, 0) is 6.54 Å². The van der Waals surface area contributed by atoms with Crippen LogP contribution in [-0.4, -0.2) is 16.8 Å². The molecule has 1 aromatic heterocycles. The molecule has 0 bridgehead atoms. The van der Waals surface area contributed by atoms with Crippen molar-refractivity contribution in [1.82, 2.24) is 15.5 Å². The van der Waals surface area contributed by atoms with Crippen LogP contribution in [0.5, 0.6) is 5.75 Å². The Morgan fingerprint density at radius 3 is 3.22 bits per heavy atom. The number of nitrogens with zero attached hydrogens (tertiary/aromatic N) is 1. The van der Waals surface area contributed by atoms with Crippen LogP contribution in [0.15, 0.2) is 34.9 Å². The number of benzene rings is 1. The number of aromatic nitrogens is 2. The predicted octanol–water partition coefficient (Wildman–Crippen LogP) is 2.79. The van der Waals surface area contributed by atoms with Crippen molar-refractivity contribution >= 4 is 15.9 Å². The largest absolute Gasteiger partial charge is 0.492 e. The van der Waals surface area contributed by atoms with E-state index in [1.165, 1.54) is 5.56 Å². The van der Waals surface area contributed by atoms with Gasteiger partial charge in [0, 0.05) is 36.5 Å². The molecule has 1 aromatic carbocycles. The second-order valence-corrected chi connectivity index (χ2v) is 5.17. The fraction of sp³-hybridized carbons (Fsp3) is 0.308. The maximum absolute atomic E-state index is 5.71. The van der Waals surface area contributed by atoms with E-state index in [4.69, 9.17) is 4.74 Å². The first-order valence-electron chi connectivity index (χ1n) is 5.97. The van der Waals surface area contributed by atoms with Crippen LogP contribution < -0.4 is 10.1 Å². The lowest BCUT2D eigenvalue weighted by atomic mass is 10.0. The summed E-state index contributed by atoms with van der Waals surface area (Å²) in [6, 6.07) is 8.48. The van der Waals surface area contributed by atoms with Gasteiger partial charge in [0.05, 0.1) is 11.1 Å². The Bertz CT molecular complexity index is 527. The zero-order valence-corrected chi connectivity index (χ0v) is 11.4. The minimum Gasteiger partial charge on any atom is -0.492 e. The van der Waals surface area contributed by atoms with Crippen LogP contribution in [0.3, 0.4) is 0 Å². The average Bonchev–Trinajstić information content (AvgIpc) is 2.90. The summed E-state index contributed by atoms with van der Waals surface area (Å²) in [5.74, 6) is 0.964. The molecule has 2 N–H and O–H groups in total. The number of aromatic amines is 1. The van der Waals surface area contributed by atoms with Gasteiger partial charge in [-0.2, -0.15) is 5.10 Å². The molecule has 0 fully saturated rings. The topological polar surface area (TPSA) is 49.9 Å². The molecule has 18 heavy (non-hydrogen) atoms. The van der Waals surface area contributed by atoms with Gasteiger partial charge in [0.2, 0.25) is 0 Å². The average molecular weight is 308 g/mol. The monoisotopic (exact) mass is 307 g/mol. The molecule has 1 atom stereocenters. The molecular formula is C13H14BrN3O. The minimum absolute atomic E-state index is 0.328. The SMILES string of the molecule is Brc1cccc2c1OCCC2NCc1ccn[nH]1. The number of rotatable bonds is 3. The summed E-state index contributed by atoms with van der Waals surface area (Å²) in [6.45, 7) is 1.53. The molecule has 4 nitrogen and oxygen atoms in total. The first-order valence-corrected chi connectivity index (χ1v) is 6.77. The summed E-state index contributed by atoms with van der Waals surface area (Å²) < 4.78 is 6.74. The van der Waals surface area contributed by atoms with E-state index >= 15 is 0 Å². The van der Waals surface area contributed by atoms with E-state index in [1.807, 2.05) is 18.2 Å². The van der Waals surface area contributed by atoms with Gasteiger partial charge in [-0.05, 0) is 28.1 Å². The lowest BCUT2D eigenvalue weighted by Gasteiger charge is -2.27. The van der Waals surface area contributed by atoms with Gasteiger partial charge in [0.25, 0.3) is 0 Å². The van der Waals surface area contributed by atoms with Gasteiger partial charge in [-0.25, -0.2) is 0 Å². The summed E-state index contributed by atoms with van der Waals surface area (Å²) in [4.78, 5) is 0. The fourth-order valence-corrected chi connectivity index (χ4v) is 2.71. The Morgan fingerprint density at radius 2 is 2.39 bits per heavy atom. The lowest BCUT2D eigenvalue weighted by molar-refractivity contribution is 0.250. The molecule has 2 heterocycles. The minimum atomic E-state index is 0.328. The first kappa shape index (κ1) is 11.7. The molecule has 0 aliphatic carbocycles. The number of fused-ring (bicyclic) bond motifs is 1. The van der Waals surface area contributed by atoms with Gasteiger partial charge in [0.1, 0.15) is 5.75 Å². The smallest absolute Gasteiger partial charge is 0.138 e. The van der Waals surface area contributed by atoms with E-state index in [2.05, 4.69) is 37.5 Å². The highest BCUT2D eigenvalue weighted by molar-refractivity contribution is 9.10. The highest BCUT2D eigenvalue weighted by Crippen LogP contribution is 2.37. The molecule has 0 radical (unpaired) electrons. The van der Waals surface area contributed by atoms with E-state index in [0.717, 1.165) is 35.5 Å². The summed E-state index contributed by atoms with van der Waals surface area (Å²) in [5, 5.41) is 10.4. The van der Waals surface area contributed by atoms with Gasteiger partial charge in [-0.3, -0.25) is 5.10 Å². The molecule has 0 spiro atoms. The van der Waals surface area contributed by atoms with E-state index in [9.17, 15) is 0 Å². The summed E-state index contributed by atoms with van der Waals surface area (Å²) in [6.07, 6.45) is 2.75.